The highest BCUT2D eigenvalue weighted by Crippen LogP contribution is 2.41. The van der Waals surface area contributed by atoms with Crippen molar-refractivity contribution >= 4 is 46.5 Å². The number of anilines is 2. The maximum atomic E-state index is 13.3. The third-order valence-corrected chi connectivity index (χ3v) is 5.90. The van der Waals surface area contributed by atoms with Crippen molar-refractivity contribution in [1.82, 2.24) is 10.2 Å². The van der Waals surface area contributed by atoms with Crippen LogP contribution in [-0.2, 0) is 10.5 Å². The molecule has 3 amide bonds. The van der Waals surface area contributed by atoms with E-state index in [0.717, 1.165) is 18.0 Å². The van der Waals surface area contributed by atoms with Crippen molar-refractivity contribution in [1.29, 1.82) is 0 Å². The number of rotatable bonds is 7. The van der Waals surface area contributed by atoms with E-state index in [1.54, 1.807) is 24.3 Å². The van der Waals surface area contributed by atoms with Crippen LogP contribution in [0.2, 0.25) is 10.0 Å². The van der Waals surface area contributed by atoms with Gasteiger partial charge in [-0.1, -0.05) is 55.2 Å². The Morgan fingerprint density at radius 3 is 2.53 bits per heavy atom. The van der Waals surface area contributed by atoms with Gasteiger partial charge in [-0.3, -0.25) is 9.69 Å². The number of carbonyl (C=O) groups excluding carboxylic acids is 2. The molecule has 2 aromatic carbocycles. The number of likely N-dealkylation sites (N-methyl/N-ethyl adjacent to an activating group) is 1. The molecule has 30 heavy (non-hydrogen) atoms. The van der Waals surface area contributed by atoms with Crippen LogP contribution in [0.4, 0.5) is 16.2 Å². The highest BCUT2D eigenvalue weighted by Gasteiger charge is 2.51. The lowest BCUT2D eigenvalue weighted by molar-refractivity contribution is -0.140. The van der Waals surface area contributed by atoms with E-state index in [1.165, 1.54) is 18.2 Å². The Hall–Kier alpha value is -2.32. The standard InChI is InChI=1S/C21H24Cl2N4O3/c1-3-26(4-2)12-11-24-19(28)21(30)15-7-5-6-8-18(15)25-20(29)27(21)14-9-10-16(22)17(23)13-14/h5-10,13,30H,3-4,11-12H2,1-2H3,(H,24,28)(H,25,29)/t21-/m1/s1. The molecule has 0 aliphatic carbocycles. The van der Waals surface area contributed by atoms with Gasteiger partial charge in [-0.05, 0) is 37.4 Å². The predicted octanol–water partition coefficient (Wildman–Crippen LogP) is 3.65. The van der Waals surface area contributed by atoms with Gasteiger partial charge in [-0.2, -0.15) is 0 Å². The molecule has 9 heteroatoms. The molecule has 2 aromatic rings. The lowest BCUT2D eigenvalue weighted by Gasteiger charge is -2.42. The maximum absolute atomic E-state index is 13.3. The molecule has 0 spiro atoms. The molecule has 3 N–H and O–H groups in total. The van der Waals surface area contributed by atoms with Gasteiger partial charge in [-0.25, -0.2) is 4.79 Å². The highest BCUT2D eigenvalue weighted by molar-refractivity contribution is 6.42. The summed E-state index contributed by atoms with van der Waals surface area (Å²) in [5.41, 5.74) is -1.41. The van der Waals surface area contributed by atoms with Gasteiger partial charge in [0.15, 0.2) is 0 Å². The van der Waals surface area contributed by atoms with E-state index in [9.17, 15) is 14.7 Å². The fourth-order valence-corrected chi connectivity index (χ4v) is 3.77. The number of urea groups is 1. The van der Waals surface area contributed by atoms with Gasteiger partial charge < -0.3 is 20.6 Å². The van der Waals surface area contributed by atoms with E-state index < -0.39 is 17.7 Å². The van der Waals surface area contributed by atoms with E-state index in [0.29, 0.717) is 23.8 Å². The minimum Gasteiger partial charge on any atom is -0.359 e. The number of para-hydroxylation sites is 1. The van der Waals surface area contributed by atoms with Crippen molar-refractivity contribution < 1.29 is 14.7 Å². The third-order valence-electron chi connectivity index (χ3n) is 5.16. The zero-order valence-corrected chi connectivity index (χ0v) is 18.3. The topological polar surface area (TPSA) is 84.9 Å². The molecule has 0 saturated carbocycles. The van der Waals surface area contributed by atoms with Crippen LogP contribution in [0, 0.1) is 0 Å². The summed E-state index contributed by atoms with van der Waals surface area (Å²) in [5.74, 6) is -0.706. The molecule has 0 saturated heterocycles. The molecule has 160 valence electrons. The van der Waals surface area contributed by atoms with Crippen LogP contribution in [0.5, 0.6) is 0 Å². The van der Waals surface area contributed by atoms with Crippen LogP contribution in [0.1, 0.15) is 19.4 Å². The van der Waals surface area contributed by atoms with E-state index in [1.807, 2.05) is 13.8 Å². The van der Waals surface area contributed by atoms with E-state index in [4.69, 9.17) is 23.2 Å². The summed E-state index contributed by atoms with van der Waals surface area (Å²) < 4.78 is 0. The second-order valence-electron chi connectivity index (χ2n) is 6.86. The maximum Gasteiger partial charge on any atom is 0.329 e. The summed E-state index contributed by atoms with van der Waals surface area (Å²) in [6.45, 7) is 6.70. The Labute approximate surface area is 185 Å². The first-order chi connectivity index (χ1) is 14.3. The molecule has 1 atom stereocenters. The average Bonchev–Trinajstić information content (AvgIpc) is 2.73. The van der Waals surface area contributed by atoms with Crippen molar-refractivity contribution in [2.24, 2.45) is 0 Å². The molecule has 7 nitrogen and oxygen atoms in total. The largest absolute Gasteiger partial charge is 0.359 e. The average molecular weight is 451 g/mol. The van der Waals surface area contributed by atoms with Crippen molar-refractivity contribution in [2.45, 2.75) is 19.6 Å². The fourth-order valence-electron chi connectivity index (χ4n) is 3.48. The number of hydrogen-bond acceptors (Lipinski definition) is 4. The molecular formula is C21H24Cl2N4O3. The van der Waals surface area contributed by atoms with E-state index in [-0.39, 0.29) is 16.3 Å². The van der Waals surface area contributed by atoms with E-state index >= 15 is 0 Å². The number of halogens is 2. The summed E-state index contributed by atoms with van der Waals surface area (Å²) >= 11 is 12.1. The van der Waals surface area contributed by atoms with Crippen LogP contribution in [0.3, 0.4) is 0 Å². The minimum atomic E-state index is -2.26. The molecule has 0 bridgehead atoms. The van der Waals surface area contributed by atoms with Gasteiger partial charge in [0.1, 0.15) is 0 Å². The summed E-state index contributed by atoms with van der Waals surface area (Å²) in [7, 11) is 0. The van der Waals surface area contributed by atoms with Crippen molar-refractivity contribution in [3.05, 3.63) is 58.1 Å². The Morgan fingerprint density at radius 1 is 1.17 bits per heavy atom. The number of benzene rings is 2. The zero-order valence-electron chi connectivity index (χ0n) is 16.8. The fraction of sp³-hybridized carbons (Fsp3) is 0.333. The predicted molar refractivity (Wildman–Crippen MR) is 119 cm³/mol. The summed E-state index contributed by atoms with van der Waals surface area (Å²) in [6.07, 6.45) is 0. The first-order valence-corrected chi connectivity index (χ1v) is 10.5. The first kappa shape index (κ1) is 22.4. The SMILES string of the molecule is CCN(CC)CCNC(=O)[C@]1(O)c2ccccc2NC(=O)N1c1ccc(Cl)c(Cl)c1. The number of carbonyl (C=O) groups is 2. The Kier molecular flexibility index (Phi) is 6.88. The van der Waals surface area contributed by atoms with Gasteiger partial charge in [0, 0.05) is 18.7 Å². The third kappa shape index (κ3) is 4.11. The normalized spacial score (nSPS) is 18.2. The molecule has 0 fully saturated rings. The Bertz CT molecular complexity index is 952. The lowest BCUT2D eigenvalue weighted by atomic mass is 9.95. The van der Waals surface area contributed by atoms with Crippen LogP contribution in [0.15, 0.2) is 42.5 Å². The quantitative estimate of drug-likeness (QED) is 0.600. The van der Waals surface area contributed by atoms with Crippen LogP contribution in [-0.4, -0.2) is 48.1 Å². The van der Waals surface area contributed by atoms with Crippen LogP contribution < -0.4 is 15.5 Å². The lowest BCUT2D eigenvalue weighted by Crippen LogP contribution is -2.63. The Balaban J connectivity index is 2.01. The molecule has 0 aromatic heterocycles. The zero-order chi connectivity index (χ0) is 21.9. The molecule has 1 heterocycles. The van der Waals surface area contributed by atoms with Gasteiger partial charge in [0.05, 0.1) is 21.4 Å². The van der Waals surface area contributed by atoms with E-state index in [2.05, 4.69) is 15.5 Å². The molecule has 1 aliphatic rings. The van der Waals surface area contributed by atoms with Gasteiger partial charge in [0.25, 0.3) is 11.6 Å². The van der Waals surface area contributed by atoms with Crippen LogP contribution >= 0.6 is 23.2 Å². The molecule has 3 rings (SSSR count). The smallest absolute Gasteiger partial charge is 0.329 e. The number of nitrogens with zero attached hydrogens (tertiary/aromatic N) is 2. The summed E-state index contributed by atoms with van der Waals surface area (Å²) in [6, 6.07) is 10.4. The monoisotopic (exact) mass is 450 g/mol. The second kappa shape index (κ2) is 9.22. The number of nitrogens with one attached hydrogen (secondary N) is 2. The first-order valence-electron chi connectivity index (χ1n) is 9.71. The number of aliphatic hydroxyl groups is 1. The number of amides is 3. The molecule has 0 unspecified atom stereocenters. The van der Waals surface area contributed by atoms with Crippen molar-refractivity contribution in [3.63, 3.8) is 0 Å². The Morgan fingerprint density at radius 2 is 1.87 bits per heavy atom. The second-order valence-corrected chi connectivity index (χ2v) is 7.68. The number of hydrogen-bond donors (Lipinski definition) is 3. The van der Waals surface area contributed by atoms with Gasteiger partial charge >= 0.3 is 6.03 Å². The summed E-state index contributed by atoms with van der Waals surface area (Å²) in [4.78, 5) is 29.3. The van der Waals surface area contributed by atoms with Crippen molar-refractivity contribution in [3.8, 4) is 0 Å². The molecule has 1 aliphatic heterocycles. The highest BCUT2D eigenvalue weighted by atomic mass is 35.5. The van der Waals surface area contributed by atoms with Crippen molar-refractivity contribution in [2.75, 3.05) is 36.4 Å². The molecule has 0 radical (unpaired) electrons. The van der Waals surface area contributed by atoms with Gasteiger partial charge in [0.2, 0.25) is 0 Å². The van der Waals surface area contributed by atoms with Crippen LogP contribution in [0.25, 0.3) is 0 Å². The summed E-state index contributed by atoms with van der Waals surface area (Å²) in [5, 5.41) is 17.7. The minimum absolute atomic E-state index is 0.199. The molecular weight excluding hydrogens is 427 g/mol. The van der Waals surface area contributed by atoms with Gasteiger partial charge in [-0.15, -0.1) is 0 Å². The number of fused-ring (bicyclic) bond motifs is 1.